The van der Waals surface area contributed by atoms with Crippen LogP contribution >= 0.6 is 11.6 Å². The summed E-state index contributed by atoms with van der Waals surface area (Å²) < 4.78 is 33.1. The average Bonchev–Trinajstić information content (AvgIpc) is 2.89. The van der Waals surface area contributed by atoms with Crippen LogP contribution in [0.15, 0.2) is 23.1 Å². The molecule has 0 saturated carbocycles. The predicted octanol–water partition coefficient (Wildman–Crippen LogP) is 2.21. The molecule has 1 heterocycles. The third-order valence-electron chi connectivity index (χ3n) is 3.98. The Morgan fingerprint density at radius 3 is 2.70 bits per heavy atom. The highest BCUT2D eigenvalue weighted by molar-refractivity contribution is 7.89. The zero-order valence-corrected chi connectivity index (χ0v) is 14.9. The van der Waals surface area contributed by atoms with Gasteiger partial charge in [0.2, 0.25) is 10.0 Å². The van der Waals surface area contributed by atoms with Gasteiger partial charge in [-0.25, -0.2) is 13.1 Å². The number of hydrogen-bond acceptors (Lipinski definition) is 5. The molecule has 0 unspecified atom stereocenters. The van der Waals surface area contributed by atoms with Crippen molar-refractivity contribution >= 4 is 21.6 Å². The molecule has 1 aromatic carbocycles. The number of likely N-dealkylation sites (tertiary alicyclic amines) is 1. The van der Waals surface area contributed by atoms with Crippen molar-refractivity contribution < 1.29 is 13.2 Å². The summed E-state index contributed by atoms with van der Waals surface area (Å²) in [5, 5.41) is 9.51. The molecule has 2 atom stereocenters. The van der Waals surface area contributed by atoms with Crippen molar-refractivity contribution in [1.29, 1.82) is 5.26 Å². The molecule has 1 aromatic rings. The molecule has 0 amide bonds. The zero-order valence-electron chi connectivity index (χ0n) is 13.3. The molecule has 1 aliphatic heterocycles. The summed E-state index contributed by atoms with van der Waals surface area (Å²) in [5.41, 5.74) is 0. The highest BCUT2D eigenvalue weighted by Gasteiger charge is 2.36. The quantitative estimate of drug-likeness (QED) is 0.817. The molecule has 2 rings (SSSR count). The van der Waals surface area contributed by atoms with Crippen LogP contribution in [0.25, 0.3) is 0 Å². The van der Waals surface area contributed by atoms with Crippen LogP contribution in [-0.2, 0) is 10.0 Å². The molecule has 0 aliphatic carbocycles. The number of halogens is 1. The summed E-state index contributed by atoms with van der Waals surface area (Å²) in [4.78, 5) is 1.64. The van der Waals surface area contributed by atoms with Crippen LogP contribution in [0.2, 0.25) is 5.02 Å². The van der Waals surface area contributed by atoms with Crippen molar-refractivity contribution in [3.63, 3.8) is 0 Å². The molecule has 23 heavy (non-hydrogen) atoms. The van der Waals surface area contributed by atoms with Gasteiger partial charge in [0.05, 0.1) is 7.11 Å². The molecule has 0 aromatic heterocycles. The van der Waals surface area contributed by atoms with Gasteiger partial charge in [0, 0.05) is 23.7 Å². The number of nitriles is 1. The Morgan fingerprint density at radius 1 is 1.48 bits per heavy atom. The Kier molecular flexibility index (Phi) is 5.40. The molecule has 0 spiro atoms. The maximum atomic E-state index is 12.6. The van der Waals surface area contributed by atoms with E-state index in [1.54, 1.807) is 11.0 Å². The maximum Gasteiger partial charge on any atom is 0.244 e. The van der Waals surface area contributed by atoms with Crippen molar-refractivity contribution in [2.75, 3.05) is 13.7 Å². The van der Waals surface area contributed by atoms with E-state index < -0.39 is 10.0 Å². The lowest BCUT2D eigenvalue weighted by Gasteiger charge is -2.21. The Labute approximate surface area is 142 Å². The third kappa shape index (κ3) is 3.89. The zero-order chi connectivity index (χ0) is 17.2. The number of sulfonamides is 1. The molecule has 1 aliphatic rings. The van der Waals surface area contributed by atoms with E-state index in [9.17, 15) is 13.7 Å². The first kappa shape index (κ1) is 17.9. The fraction of sp³-hybridized carbons (Fsp3) is 0.533. The molecule has 0 bridgehead atoms. The number of methoxy groups -OCH3 is 1. The van der Waals surface area contributed by atoms with Gasteiger partial charge < -0.3 is 9.64 Å². The van der Waals surface area contributed by atoms with E-state index in [1.807, 2.05) is 13.8 Å². The highest BCUT2D eigenvalue weighted by atomic mass is 35.5. The second-order valence-corrected chi connectivity index (χ2v) is 8.03. The first-order valence-corrected chi connectivity index (χ1v) is 9.17. The molecule has 1 N–H and O–H groups in total. The summed E-state index contributed by atoms with van der Waals surface area (Å²) in [6, 6.07) is 4.16. The molecule has 1 fully saturated rings. The normalized spacial score (nSPS) is 21.5. The lowest BCUT2D eigenvalue weighted by Crippen LogP contribution is -2.36. The lowest BCUT2D eigenvalue weighted by molar-refractivity contribution is 0.291. The largest absolute Gasteiger partial charge is 0.495 e. The topological polar surface area (TPSA) is 82.4 Å². The Bertz CT molecular complexity index is 715. The van der Waals surface area contributed by atoms with Crippen LogP contribution in [0.3, 0.4) is 0 Å². The number of hydrogen-bond donors (Lipinski definition) is 1. The highest BCUT2D eigenvalue weighted by Crippen LogP contribution is 2.29. The monoisotopic (exact) mass is 357 g/mol. The van der Waals surface area contributed by atoms with E-state index in [0.717, 1.165) is 0 Å². The summed E-state index contributed by atoms with van der Waals surface area (Å²) in [5.74, 6) is 0.502. The minimum Gasteiger partial charge on any atom is -0.495 e. The van der Waals surface area contributed by atoms with Crippen molar-refractivity contribution in [3.05, 3.63) is 23.2 Å². The van der Waals surface area contributed by atoms with Gasteiger partial charge in [-0.3, -0.25) is 0 Å². The molecule has 0 radical (unpaired) electrons. The van der Waals surface area contributed by atoms with Gasteiger partial charge in [-0.15, -0.1) is 0 Å². The Morgan fingerprint density at radius 2 is 2.17 bits per heavy atom. The van der Waals surface area contributed by atoms with E-state index in [-0.39, 0.29) is 28.6 Å². The second kappa shape index (κ2) is 6.95. The summed E-state index contributed by atoms with van der Waals surface area (Å²) in [6.45, 7) is 4.40. The Balaban J connectivity index is 2.23. The number of rotatable bonds is 5. The fourth-order valence-corrected chi connectivity index (χ4v) is 4.51. The molecular formula is C15H20ClN3O3S. The van der Waals surface area contributed by atoms with Gasteiger partial charge in [0.1, 0.15) is 10.6 Å². The average molecular weight is 358 g/mol. The van der Waals surface area contributed by atoms with Crippen molar-refractivity contribution in [1.82, 2.24) is 9.62 Å². The van der Waals surface area contributed by atoms with Gasteiger partial charge in [-0.2, -0.15) is 5.26 Å². The van der Waals surface area contributed by atoms with Crippen LogP contribution in [0.5, 0.6) is 5.75 Å². The van der Waals surface area contributed by atoms with E-state index in [0.29, 0.717) is 18.0 Å². The van der Waals surface area contributed by atoms with Crippen LogP contribution in [0.1, 0.15) is 20.3 Å². The van der Waals surface area contributed by atoms with Crippen molar-refractivity contribution in [3.8, 4) is 11.9 Å². The molecule has 6 nitrogen and oxygen atoms in total. The van der Waals surface area contributed by atoms with Gasteiger partial charge in [0.25, 0.3) is 0 Å². The number of benzene rings is 1. The minimum atomic E-state index is -3.79. The third-order valence-corrected chi connectivity index (χ3v) is 5.76. The van der Waals surface area contributed by atoms with Gasteiger partial charge in [-0.1, -0.05) is 25.4 Å². The first-order valence-electron chi connectivity index (χ1n) is 7.30. The molecule has 126 valence electrons. The SMILES string of the molecule is COc1ccc(Cl)cc1S(=O)(=O)N[C@@H]1C[C@H](C(C)C)N(C#N)C1. The van der Waals surface area contributed by atoms with Crippen LogP contribution in [0.4, 0.5) is 0 Å². The predicted molar refractivity (Wildman–Crippen MR) is 87.7 cm³/mol. The van der Waals surface area contributed by atoms with Crippen molar-refractivity contribution in [2.45, 2.75) is 37.2 Å². The van der Waals surface area contributed by atoms with E-state index >= 15 is 0 Å². The van der Waals surface area contributed by atoms with Crippen LogP contribution < -0.4 is 9.46 Å². The summed E-state index contributed by atoms with van der Waals surface area (Å²) in [6.07, 6.45) is 2.73. The van der Waals surface area contributed by atoms with Crippen molar-refractivity contribution in [2.24, 2.45) is 5.92 Å². The second-order valence-electron chi connectivity index (χ2n) is 5.91. The minimum absolute atomic E-state index is 0.00371. The van der Waals surface area contributed by atoms with E-state index in [2.05, 4.69) is 10.9 Å². The number of nitrogens with one attached hydrogen (secondary N) is 1. The molecular weight excluding hydrogens is 338 g/mol. The van der Waals surface area contributed by atoms with E-state index in [4.69, 9.17) is 16.3 Å². The fourth-order valence-electron chi connectivity index (χ4n) is 2.84. The van der Waals surface area contributed by atoms with Crippen LogP contribution in [0, 0.1) is 17.4 Å². The van der Waals surface area contributed by atoms with Gasteiger partial charge in [-0.05, 0) is 30.5 Å². The van der Waals surface area contributed by atoms with Crippen LogP contribution in [-0.4, -0.2) is 39.1 Å². The summed E-state index contributed by atoms with van der Waals surface area (Å²) >= 11 is 5.91. The maximum absolute atomic E-state index is 12.6. The Hall–Kier alpha value is -1.49. The smallest absolute Gasteiger partial charge is 0.244 e. The molecule has 1 saturated heterocycles. The number of nitrogens with zero attached hydrogens (tertiary/aromatic N) is 2. The van der Waals surface area contributed by atoms with Gasteiger partial charge in [0.15, 0.2) is 6.19 Å². The summed E-state index contributed by atoms with van der Waals surface area (Å²) in [7, 11) is -2.38. The first-order chi connectivity index (χ1) is 10.8. The molecule has 8 heteroatoms. The standard InChI is InChI=1S/C15H20ClN3O3S/c1-10(2)13-7-12(8-19(13)9-17)18-23(20,21)15-6-11(16)4-5-14(15)22-3/h4-6,10,12-13,18H,7-8H2,1-3H3/t12-,13-/m1/s1. The lowest BCUT2D eigenvalue weighted by atomic mass is 10.0. The van der Waals surface area contributed by atoms with E-state index in [1.165, 1.54) is 19.2 Å². The number of ether oxygens (including phenoxy) is 1. The van der Waals surface area contributed by atoms with Gasteiger partial charge >= 0.3 is 0 Å².